The predicted octanol–water partition coefficient (Wildman–Crippen LogP) is 2.85. The Hall–Kier alpha value is -1.18. The molecular formula is C10H12F3N3OS. The standard InChI is InChI=1S/C10H12F3N3OS/c11-10(12,13)7-3-1-2-6(4-7)8(17)15-9-16-14-5-18-9/h5-7H,1-4H2,(H,15,16,17)/t6-,7-/m0/s1. The molecule has 0 bridgehead atoms. The van der Waals surface area contributed by atoms with E-state index in [0.717, 1.165) is 11.3 Å². The summed E-state index contributed by atoms with van der Waals surface area (Å²) < 4.78 is 37.8. The molecule has 1 heterocycles. The first kappa shape index (κ1) is 13.3. The molecule has 0 aromatic carbocycles. The summed E-state index contributed by atoms with van der Waals surface area (Å²) in [7, 11) is 0. The number of rotatable bonds is 2. The number of halogens is 3. The van der Waals surface area contributed by atoms with Crippen molar-refractivity contribution in [3.05, 3.63) is 5.51 Å². The average molecular weight is 279 g/mol. The van der Waals surface area contributed by atoms with E-state index in [2.05, 4.69) is 15.5 Å². The summed E-state index contributed by atoms with van der Waals surface area (Å²) in [4.78, 5) is 11.8. The second-order valence-corrected chi connectivity index (χ2v) is 5.17. The Labute approximate surface area is 106 Å². The van der Waals surface area contributed by atoms with Gasteiger partial charge in [0.2, 0.25) is 11.0 Å². The van der Waals surface area contributed by atoms with Gasteiger partial charge in [-0.2, -0.15) is 13.2 Å². The fraction of sp³-hybridized carbons (Fsp3) is 0.700. The molecule has 2 rings (SSSR count). The van der Waals surface area contributed by atoms with Crippen molar-refractivity contribution >= 4 is 22.4 Å². The van der Waals surface area contributed by atoms with Crippen molar-refractivity contribution in [2.75, 3.05) is 5.32 Å². The number of carbonyl (C=O) groups is 1. The number of hydrogen-bond donors (Lipinski definition) is 1. The molecule has 1 aliphatic carbocycles. The number of carbonyl (C=O) groups excluding carboxylic acids is 1. The first-order valence-electron chi connectivity index (χ1n) is 5.60. The van der Waals surface area contributed by atoms with Crippen LogP contribution in [0, 0.1) is 11.8 Å². The molecule has 1 aromatic rings. The van der Waals surface area contributed by atoms with Gasteiger partial charge in [-0.1, -0.05) is 17.8 Å². The third kappa shape index (κ3) is 3.18. The molecule has 1 N–H and O–H groups in total. The van der Waals surface area contributed by atoms with Gasteiger partial charge in [0.1, 0.15) is 5.51 Å². The summed E-state index contributed by atoms with van der Waals surface area (Å²) in [6.45, 7) is 0. The minimum atomic E-state index is -4.21. The van der Waals surface area contributed by atoms with E-state index < -0.39 is 18.0 Å². The monoisotopic (exact) mass is 279 g/mol. The smallest absolute Gasteiger partial charge is 0.300 e. The van der Waals surface area contributed by atoms with Crippen LogP contribution in [0.5, 0.6) is 0 Å². The first-order valence-corrected chi connectivity index (χ1v) is 6.48. The quantitative estimate of drug-likeness (QED) is 0.905. The third-order valence-electron chi connectivity index (χ3n) is 3.10. The van der Waals surface area contributed by atoms with Gasteiger partial charge in [-0.25, -0.2) is 0 Å². The van der Waals surface area contributed by atoms with Crippen LogP contribution in [0.2, 0.25) is 0 Å². The van der Waals surface area contributed by atoms with Crippen molar-refractivity contribution in [2.24, 2.45) is 11.8 Å². The Bertz CT molecular complexity index is 407. The SMILES string of the molecule is O=C(Nc1nncs1)[C@H]1CCC[C@H](C(F)(F)F)C1. The van der Waals surface area contributed by atoms with Crippen LogP contribution < -0.4 is 5.32 Å². The average Bonchev–Trinajstić information content (AvgIpc) is 2.81. The summed E-state index contributed by atoms with van der Waals surface area (Å²) in [6, 6.07) is 0. The maximum Gasteiger partial charge on any atom is 0.391 e. The highest BCUT2D eigenvalue weighted by molar-refractivity contribution is 7.13. The van der Waals surface area contributed by atoms with Gasteiger partial charge in [0, 0.05) is 5.92 Å². The molecule has 1 aromatic heterocycles. The molecule has 100 valence electrons. The number of nitrogens with one attached hydrogen (secondary N) is 1. The molecule has 8 heteroatoms. The molecule has 0 saturated heterocycles. The van der Waals surface area contributed by atoms with Gasteiger partial charge in [0.05, 0.1) is 5.92 Å². The minimum Gasteiger partial charge on any atom is -0.300 e. The van der Waals surface area contributed by atoms with Gasteiger partial charge in [-0.05, 0) is 19.3 Å². The Morgan fingerprint density at radius 3 is 2.83 bits per heavy atom. The molecule has 18 heavy (non-hydrogen) atoms. The molecule has 1 amide bonds. The highest BCUT2D eigenvalue weighted by Gasteiger charge is 2.43. The van der Waals surface area contributed by atoms with Gasteiger partial charge in [-0.3, -0.25) is 4.79 Å². The lowest BCUT2D eigenvalue weighted by atomic mass is 9.80. The van der Waals surface area contributed by atoms with Crippen molar-refractivity contribution in [1.29, 1.82) is 0 Å². The highest BCUT2D eigenvalue weighted by Crippen LogP contribution is 2.40. The van der Waals surface area contributed by atoms with Crippen molar-refractivity contribution in [3.8, 4) is 0 Å². The lowest BCUT2D eigenvalue weighted by molar-refractivity contribution is -0.185. The summed E-state index contributed by atoms with van der Waals surface area (Å²) in [5, 5.41) is 10.0. The van der Waals surface area contributed by atoms with Crippen molar-refractivity contribution < 1.29 is 18.0 Å². The molecule has 0 unspecified atom stereocenters. The molecule has 0 radical (unpaired) electrons. The van der Waals surface area contributed by atoms with Gasteiger partial charge in [0.15, 0.2) is 0 Å². The van der Waals surface area contributed by atoms with E-state index in [0.29, 0.717) is 18.0 Å². The molecule has 1 aliphatic rings. The molecular weight excluding hydrogens is 267 g/mol. The van der Waals surface area contributed by atoms with E-state index in [-0.39, 0.29) is 18.7 Å². The molecule has 1 saturated carbocycles. The first-order chi connectivity index (χ1) is 8.47. The zero-order valence-corrected chi connectivity index (χ0v) is 10.2. The van der Waals surface area contributed by atoms with Crippen LogP contribution >= 0.6 is 11.3 Å². The highest BCUT2D eigenvalue weighted by atomic mass is 32.1. The molecule has 0 aliphatic heterocycles. The number of aromatic nitrogens is 2. The van der Waals surface area contributed by atoms with Gasteiger partial charge in [-0.15, -0.1) is 10.2 Å². The van der Waals surface area contributed by atoms with Crippen LogP contribution in [-0.2, 0) is 4.79 Å². The number of hydrogen-bond acceptors (Lipinski definition) is 4. The Morgan fingerprint density at radius 2 is 2.22 bits per heavy atom. The van der Waals surface area contributed by atoms with Crippen molar-refractivity contribution in [3.63, 3.8) is 0 Å². The summed E-state index contributed by atoms with van der Waals surface area (Å²) >= 11 is 1.15. The molecule has 0 spiro atoms. The van der Waals surface area contributed by atoms with Gasteiger partial charge >= 0.3 is 6.18 Å². The number of anilines is 1. The van der Waals surface area contributed by atoms with Crippen LogP contribution in [0.15, 0.2) is 5.51 Å². The maximum absolute atomic E-state index is 12.6. The van der Waals surface area contributed by atoms with E-state index in [1.165, 1.54) is 5.51 Å². The fourth-order valence-corrected chi connectivity index (χ4v) is 2.61. The van der Waals surface area contributed by atoms with Crippen LogP contribution in [-0.4, -0.2) is 22.3 Å². The minimum absolute atomic E-state index is 0.117. The maximum atomic E-state index is 12.6. The summed E-state index contributed by atoms with van der Waals surface area (Å²) in [6.07, 6.45) is -3.29. The van der Waals surface area contributed by atoms with Crippen LogP contribution in [0.4, 0.5) is 18.3 Å². The second kappa shape index (κ2) is 5.21. The lowest BCUT2D eigenvalue weighted by Gasteiger charge is -2.29. The van der Waals surface area contributed by atoms with Crippen molar-refractivity contribution in [1.82, 2.24) is 10.2 Å². The molecule has 2 atom stereocenters. The third-order valence-corrected chi connectivity index (χ3v) is 3.70. The Morgan fingerprint density at radius 1 is 1.44 bits per heavy atom. The molecule has 1 fully saturated rings. The van der Waals surface area contributed by atoms with E-state index in [1.54, 1.807) is 0 Å². The second-order valence-electron chi connectivity index (χ2n) is 4.34. The normalized spacial score (nSPS) is 24.8. The van der Waals surface area contributed by atoms with E-state index in [4.69, 9.17) is 0 Å². The van der Waals surface area contributed by atoms with E-state index >= 15 is 0 Å². The topological polar surface area (TPSA) is 54.9 Å². The Kier molecular flexibility index (Phi) is 3.84. The Balaban J connectivity index is 1.94. The largest absolute Gasteiger partial charge is 0.391 e. The predicted molar refractivity (Wildman–Crippen MR) is 60.0 cm³/mol. The summed E-state index contributed by atoms with van der Waals surface area (Å²) in [5.74, 6) is -2.34. The van der Waals surface area contributed by atoms with Crippen LogP contribution in [0.1, 0.15) is 25.7 Å². The molecule has 4 nitrogen and oxygen atoms in total. The van der Waals surface area contributed by atoms with E-state index in [9.17, 15) is 18.0 Å². The fourth-order valence-electron chi connectivity index (χ4n) is 2.16. The zero-order valence-electron chi connectivity index (χ0n) is 9.41. The number of alkyl halides is 3. The summed E-state index contributed by atoms with van der Waals surface area (Å²) in [5.41, 5.74) is 1.45. The van der Waals surface area contributed by atoms with Crippen LogP contribution in [0.3, 0.4) is 0 Å². The van der Waals surface area contributed by atoms with Crippen LogP contribution in [0.25, 0.3) is 0 Å². The number of nitrogens with zero attached hydrogens (tertiary/aromatic N) is 2. The van der Waals surface area contributed by atoms with Gasteiger partial charge < -0.3 is 5.32 Å². The zero-order chi connectivity index (χ0) is 13.2. The number of amides is 1. The van der Waals surface area contributed by atoms with Gasteiger partial charge in [0.25, 0.3) is 0 Å². The van der Waals surface area contributed by atoms with E-state index in [1.807, 2.05) is 0 Å². The lowest BCUT2D eigenvalue weighted by Crippen LogP contribution is -2.34. The van der Waals surface area contributed by atoms with Crippen molar-refractivity contribution in [2.45, 2.75) is 31.9 Å².